The van der Waals surface area contributed by atoms with E-state index in [1.165, 1.54) is 12.1 Å². The van der Waals surface area contributed by atoms with Gasteiger partial charge in [-0.3, -0.25) is 0 Å². The van der Waals surface area contributed by atoms with Gasteiger partial charge in [0.1, 0.15) is 11.4 Å². The van der Waals surface area contributed by atoms with Crippen LogP contribution in [-0.2, 0) is 15.6 Å². The summed E-state index contributed by atoms with van der Waals surface area (Å²) in [5.74, 6) is -0.442. The van der Waals surface area contributed by atoms with Crippen LogP contribution >= 0.6 is 0 Å². The Morgan fingerprint density at radius 1 is 1.21 bits per heavy atom. The number of aryl methyl sites for hydroxylation is 1. The molecule has 1 aliphatic carbocycles. The van der Waals surface area contributed by atoms with Crippen LogP contribution in [0.1, 0.15) is 24.0 Å². The Morgan fingerprint density at radius 3 is 2.46 bits per heavy atom. The Labute approximate surface area is 141 Å². The average Bonchev–Trinajstić information content (AvgIpc) is 3.38. The molecule has 0 saturated heterocycles. The van der Waals surface area contributed by atoms with E-state index in [1.807, 2.05) is 18.2 Å². The first-order chi connectivity index (χ1) is 11.3. The lowest BCUT2D eigenvalue weighted by atomic mass is 9.89. The molecule has 0 unspecified atom stereocenters. The highest BCUT2D eigenvalue weighted by molar-refractivity contribution is 7.89. The minimum atomic E-state index is -3.83. The van der Waals surface area contributed by atoms with Crippen LogP contribution in [0.4, 0.5) is 4.39 Å². The summed E-state index contributed by atoms with van der Waals surface area (Å²) in [6.07, 6.45) is 1.73. The van der Waals surface area contributed by atoms with Gasteiger partial charge in [-0.2, -0.15) is 0 Å². The number of hydrogen-bond donors (Lipinski definition) is 2. The molecule has 0 radical (unpaired) electrons. The van der Waals surface area contributed by atoms with Crippen LogP contribution in [0, 0.1) is 18.7 Å². The van der Waals surface area contributed by atoms with Gasteiger partial charge in [-0.25, -0.2) is 17.5 Å². The predicted octanol–water partition coefficient (Wildman–Crippen LogP) is 2.71. The molecule has 2 N–H and O–H groups in total. The Kier molecular flexibility index (Phi) is 4.46. The third-order valence-corrected chi connectivity index (χ3v) is 6.05. The van der Waals surface area contributed by atoms with Crippen LogP contribution in [0.3, 0.4) is 0 Å². The van der Waals surface area contributed by atoms with E-state index in [4.69, 9.17) is 0 Å². The summed E-state index contributed by atoms with van der Waals surface area (Å²) >= 11 is 0. The van der Waals surface area contributed by atoms with Crippen molar-refractivity contribution in [1.82, 2.24) is 4.72 Å². The van der Waals surface area contributed by atoms with E-state index in [0.717, 1.165) is 18.9 Å². The number of halogens is 1. The number of nitrogens with one attached hydrogen (secondary N) is 1. The molecule has 0 aliphatic heterocycles. The van der Waals surface area contributed by atoms with Crippen molar-refractivity contribution in [3.05, 3.63) is 65.5 Å². The quantitative estimate of drug-likeness (QED) is 0.843. The molecule has 1 fully saturated rings. The maximum atomic E-state index is 13.2. The van der Waals surface area contributed by atoms with Crippen molar-refractivity contribution in [2.75, 3.05) is 6.54 Å². The summed E-state index contributed by atoms with van der Waals surface area (Å²) in [6.45, 7) is 1.43. The minimum Gasteiger partial charge on any atom is -0.383 e. The molecule has 1 aliphatic rings. The van der Waals surface area contributed by atoms with Crippen molar-refractivity contribution in [3.8, 4) is 0 Å². The molecule has 4 nitrogen and oxygen atoms in total. The fraction of sp³-hybridized carbons (Fsp3) is 0.333. The molecule has 0 bridgehead atoms. The first-order valence-corrected chi connectivity index (χ1v) is 9.35. The van der Waals surface area contributed by atoms with Gasteiger partial charge in [-0.1, -0.05) is 30.3 Å². The van der Waals surface area contributed by atoms with Crippen LogP contribution in [0.15, 0.2) is 53.4 Å². The standard InChI is InChI=1S/C18H20FNO3S/c1-13-11-16(19)9-10-17(13)24(22,23)20-12-18(21,15-7-8-15)14-5-3-2-4-6-14/h2-6,9-11,15,20-21H,7-8,12H2,1H3/t18-/m0/s1. The molecule has 3 rings (SSSR count). The average molecular weight is 349 g/mol. The van der Waals surface area contributed by atoms with Gasteiger partial charge < -0.3 is 5.11 Å². The van der Waals surface area contributed by atoms with E-state index in [2.05, 4.69) is 4.72 Å². The van der Waals surface area contributed by atoms with E-state index in [9.17, 15) is 17.9 Å². The van der Waals surface area contributed by atoms with Crippen molar-refractivity contribution in [2.24, 2.45) is 5.92 Å². The highest BCUT2D eigenvalue weighted by Crippen LogP contribution is 2.45. The predicted molar refractivity (Wildman–Crippen MR) is 89.4 cm³/mol. The maximum absolute atomic E-state index is 13.2. The van der Waals surface area contributed by atoms with Gasteiger partial charge in [-0.15, -0.1) is 0 Å². The molecule has 2 aromatic carbocycles. The normalized spacial score (nSPS) is 17.5. The highest BCUT2D eigenvalue weighted by Gasteiger charge is 2.45. The summed E-state index contributed by atoms with van der Waals surface area (Å²) in [4.78, 5) is 0.0232. The monoisotopic (exact) mass is 349 g/mol. The van der Waals surface area contributed by atoms with Crippen LogP contribution in [0.2, 0.25) is 0 Å². The summed E-state index contributed by atoms with van der Waals surface area (Å²) < 4.78 is 40.8. The van der Waals surface area contributed by atoms with Crippen LogP contribution in [-0.4, -0.2) is 20.1 Å². The molecule has 2 aromatic rings. The fourth-order valence-corrected chi connectivity index (χ4v) is 4.26. The molecule has 0 spiro atoms. The largest absolute Gasteiger partial charge is 0.383 e. The van der Waals surface area contributed by atoms with E-state index in [-0.39, 0.29) is 17.4 Å². The van der Waals surface area contributed by atoms with Crippen molar-refractivity contribution in [1.29, 1.82) is 0 Å². The summed E-state index contributed by atoms with van der Waals surface area (Å²) in [5, 5.41) is 11.1. The molecular weight excluding hydrogens is 329 g/mol. The maximum Gasteiger partial charge on any atom is 0.240 e. The Morgan fingerprint density at radius 2 is 1.88 bits per heavy atom. The van der Waals surface area contributed by atoms with Crippen molar-refractivity contribution < 1.29 is 17.9 Å². The fourth-order valence-electron chi connectivity index (χ4n) is 2.97. The highest BCUT2D eigenvalue weighted by atomic mass is 32.2. The number of rotatable bonds is 6. The first-order valence-electron chi connectivity index (χ1n) is 7.87. The minimum absolute atomic E-state index is 0.0232. The summed E-state index contributed by atoms with van der Waals surface area (Å²) in [7, 11) is -3.83. The molecule has 0 heterocycles. The molecule has 1 saturated carbocycles. The van der Waals surface area contributed by atoms with E-state index < -0.39 is 21.4 Å². The zero-order valence-electron chi connectivity index (χ0n) is 13.4. The number of aliphatic hydroxyl groups is 1. The molecule has 0 aromatic heterocycles. The number of sulfonamides is 1. The van der Waals surface area contributed by atoms with Crippen molar-refractivity contribution >= 4 is 10.0 Å². The smallest absolute Gasteiger partial charge is 0.240 e. The number of hydrogen-bond acceptors (Lipinski definition) is 3. The second-order valence-electron chi connectivity index (χ2n) is 6.30. The summed E-state index contributed by atoms with van der Waals surface area (Å²) in [5.41, 5.74) is -0.203. The second kappa shape index (κ2) is 6.27. The van der Waals surface area contributed by atoms with Crippen LogP contribution in [0.5, 0.6) is 0 Å². The van der Waals surface area contributed by atoms with Gasteiger partial charge in [0.25, 0.3) is 0 Å². The lowest BCUT2D eigenvalue weighted by Crippen LogP contribution is -2.42. The lowest BCUT2D eigenvalue weighted by Gasteiger charge is -2.29. The lowest BCUT2D eigenvalue weighted by molar-refractivity contribution is 0.0185. The van der Waals surface area contributed by atoms with Gasteiger partial charge in [0.2, 0.25) is 10.0 Å². The summed E-state index contributed by atoms with van der Waals surface area (Å²) in [6, 6.07) is 12.6. The van der Waals surface area contributed by atoms with E-state index in [1.54, 1.807) is 19.1 Å². The zero-order valence-corrected chi connectivity index (χ0v) is 14.2. The van der Waals surface area contributed by atoms with Gasteiger partial charge in [-0.05, 0) is 55.0 Å². The second-order valence-corrected chi connectivity index (χ2v) is 8.03. The molecule has 24 heavy (non-hydrogen) atoms. The van der Waals surface area contributed by atoms with Gasteiger partial charge in [0.15, 0.2) is 0 Å². The number of benzene rings is 2. The van der Waals surface area contributed by atoms with Gasteiger partial charge in [0, 0.05) is 6.54 Å². The van der Waals surface area contributed by atoms with Crippen molar-refractivity contribution in [2.45, 2.75) is 30.3 Å². The van der Waals surface area contributed by atoms with Gasteiger partial charge in [0.05, 0.1) is 4.90 Å². The third kappa shape index (κ3) is 3.36. The molecule has 0 amide bonds. The van der Waals surface area contributed by atoms with Crippen LogP contribution in [0.25, 0.3) is 0 Å². The molecule has 128 valence electrons. The Bertz CT molecular complexity index is 835. The van der Waals surface area contributed by atoms with E-state index >= 15 is 0 Å². The van der Waals surface area contributed by atoms with Gasteiger partial charge >= 0.3 is 0 Å². The SMILES string of the molecule is Cc1cc(F)ccc1S(=O)(=O)NC[C@](O)(c1ccccc1)C1CC1. The Balaban J connectivity index is 1.85. The molecule has 6 heteroatoms. The topological polar surface area (TPSA) is 66.4 Å². The van der Waals surface area contributed by atoms with E-state index in [0.29, 0.717) is 11.1 Å². The molecule has 1 atom stereocenters. The third-order valence-electron chi connectivity index (χ3n) is 4.48. The Hall–Kier alpha value is -1.76. The molecular formula is C18H20FNO3S. The first kappa shape index (κ1) is 17.1. The zero-order chi connectivity index (χ0) is 17.4. The van der Waals surface area contributed by atoms with Crippen molar-refractivity contribution in [3.63, 3.8) is 0 Å². The van der Waals surface area contributed by atoms with Crippen LogP contribution < -0.4 is 4.72 Å².